The Morgan fingerprint density at radius 1 is 0.300 bits per heavy atom. The molecule has 0 amide bonds. The van der Waals surface area contributed by atoms with Gasteiger partial charge in [-0.25, -0.2) is 0 Å². The first-order valence-electron chi connectivity index (χ1n) is 17.6. The lowest BCUT2D eigenvalue weighted by Crippen LogP contribution is -2.37. The van der Waals surface area contributed by atoms with Crippen LogP contribution >= 0.6 is 0 Å². The van der Waals surface area contributed by atoms with Gasteiger partial charge in [-0.3, -0.25) is 0 Å². The molecule has 0 fully saturated rings. The van der Waals surface area contributed by atoms with E-state index in [1.807, 2.05) is 0 Å². The molecule has 0 aliphatic carbocycles. The summed E-state index contributed by atoms with van der Waals surface area (Å²) in [7, 11) is -1.40. The number of hydrogen-bond donors (Lipinski definition) is 0. The number of rotatable bonds is 5. The van der Waals surface area contributed by atoms with Crippen molar-refractivity contribution in [3.63, 3.8) is 0 Å². The highest BCUT2D eigenvalue weighted by Gasteiger charge is 2.20. The summed E-state index contributed by atoms with van der Waals surface area (Å²) in [6.07, 6.45) is 0. The van der Waals surface area contributed by atoms with Crippen molar-refractivity contribution in [1.29, 1.82) is 0 Å². The summed E-state index contributed by atoms with van der Waals surface area (Å²) in [5, 5.41) is 11.7. The summed E-state index contributed by atoms with van der Waals surface area (Å²) in [6, 6.07) is 65.4. The maximum Gasteiger partial charge on any atom is 0.0776 e. The van der Waals surface area contributed by atoms with Gasteiger partial charge in [-0.05, 0) is 99.7 Å². The second kappa shape index (κ2) is 12.0. The Morgan fingerprint density at radius 3 is 1.46 bits per heavy atom. The van der Waals surface area contributed by atoms with E-state index < -0.39 is 8.07 Å². The highest BCUT2D eigenvalue weighted by molar-refractivity contribution is 6.88. The third-order valence-corrected chi connectivity index (χ3v) is 12.4. The molecule has 0 nitrogen and oxygen atoms in total. The van der Waals surface area contributed by atoms with Gasteiger partial charge in [-0.2, -0.15) is 0 Å². The third kappa shape index (κ3) is 5.14. The molecule has 0 spiro atoms. The van der Waals surface area contributed by atoms with E-state index in [0.29, 0.717) is 0 Å². The van der Waals surface area contributed by atoms with Crippen molar-refractivity contribution in [2.24, 2.45) is 0 Å². The fraction of sp³-hybridized carbons (Fsp3) is 0.0612. The zero-order valence-corrected chi connectivity index (χ0v) is 29.7. The molecule has 9 aromatic rings. The van der Waals surface area contributed by atoms with Gasteiger partial charge < -0.3 is 0 Å². The fourth-order valence-electron chi connectivity index (χ4n) is 7.89. The average Bonchev–Trinajstić information content (AvgIpc) is 3.16. The Kier molecular flexibility index (Phi) is 7.26. The van der Waals surface area contributed by atoms with Crippen LogP contribution in [-0.4, -0.2) is 8.07 Å². The molecule has 0 aliphatic heterocycles. The van der Waals surface area contributed by atoms with E-state index in [1.54, 1.807) is 0 Å². The molecule has 9 aromatic carbocycles. The molecule has 0 atom stereocenters. The SMILES string of the molecule is C[Si](C)(C)c1ccc2cc(-c3c4ccccc4c(-c4cccc(-c5ccc6ccccc6c5-c5ccccc5)c4)c4ccccc34)ccc2c1. The highest BCUT2D eigenvalue weighted by Crippen LogP contribution is 2.45. The molecule has 0 saturated carbocycles. The van der Waals surface area contributed by atoms with E-state index in [9.17, 15) is 0 Å². The zero-order chi connectivity index (χ0) is 33.8. The van der Waals surface area contributed by atoms with Crippen LogP contribution in [0.2, 0.25) is 19.6 Å². The quantitative estimate of drug-likeness (QED) is 0.128. The zero-order valence-electron chi connectivity index (χ0n) is 28.7. The van der Waals surface area contributed by atoms with Crippen LogP contribution in [0.3, 0.4) is 0 Å². The number of fused-ring (bicyclic) bond motifs is 4. The van der Waals surface area contributed by atoms with Crippen molar-refractivity contribution in [2.75, 3.05) is 0 Å². The minimum absolute atomic E-state index is 1.22. The molecule has 0 aliphatic rings. The first kappa shape index (κ1) is 30.3. The Hall–Kier alpha value is -5.76. The Balaban J connectivity index is 1.27. The van der Waals surface area contributed by atoms with Gasteiger partial charge in [0.1, 0.15) is 0 Å². The largest absolute Gasteiger partial charge is 0.0776 e. The van der Waals surface area contributed by atoms with Gasteiger partial charge in [0.05, 0.1) is 8.07 Å². The van der Waals surface area contributed by atoms with Crippen molar-refractivity contribution in [1.82, 2.24) is 0 Å². The summed E-state index contributed by atoms with van der Waals surface area (Å²) >= 11 is 0. The van der Waals surface area contributed by atoms with E-state index in [1.165, 1.54) is 92.8 Å². The molecular formula is C49H38Si. The summed E-state index contributed by atoms with van der Waals surface area (Å²) < 4.78 is 0. The van der Waals surface area contributed by atoms with Gasteiger partial charge in [0.15, 0.2) is 0 Å². The third-order valence-electron chi connectivity index (χ3n) is 10.4. The molecule has 1 heteroatoms. The first-order chi connectivity index (χ1) is 24.4. The predicted molar refractivity (Wildman–Crippen MR) is 221 cm³/mol. The molecule has 0 aromatic heterocycles. The van der Waals surface area contributed by atoms with Crippen LogP contribution in [0.1, 0.15) is 0 Å². The lowest BCUT2D eigenvalue weighted by Gasteiger charge is -2.20. The van der Waals surface area contributed by atoms with Crippen molar-refractivity contribution < 1.29 is 0 Å². The molecule has 50 heavy (non-hydrogen) atoms. The maximum atomic E-state index is 2.42. The van der Waals surface area contributed by atoms with Crippen LogP contribution in [0, 0.1) is 0 Å². The lowest BCUT2D eigenvalue weighted by molar-refractivity contribution is 1.60. The van der Waals surface area contributed by atoms with E-state index in [4.69, 9.17) is 0 Å². The van der Waals surface area contributed by atoms with Gasteiger partial charge in [0.25, 0.3) is 0 Å². The smallest absolute Gasteiger partial charge is 0.0656 e. The number of benzene rings is 9. The summed E-state index contributed by atoms with van der Waals surface area (Å²) in [5.74, 6) is 0. The summed E-state index contributed by atoms with van der Waals surface area (Å²) in [4.78, 5) is 0. The minimum atomic E-state index is -1.40. The second-order valence-corrected chi connectivity index (χ2v) is 19.6. The molecule has 9 rings (SSSR count). The van der Waals surface area contributed by atoms with Gasteiger partial charge >= 0.3 is 0 Å². The Morgan fingerprint density at radius 2 is 0.800 bits per heavy atom. The Bertz CT molecular complexity index is 2670. The van der Waals surface area contributed by atoms with E-state index in [2.05, 4.69) is 196 Å². The summed E-state index contributed by atoms with van der Waals surface area (Å²) in [6.45, 7) is 7.26. The van der Waals surface area contributed by atoms with Crippen molar-refractivity contribution in [3.05, 3.63) is 176 Å². The average molecular weight is 655 g/mol. The Labute approximate surface area is 295 Å². The molecule has 0 heterocycles. The molecule has 0 saturated heterocycles. The van der Waals surface area contributed by atoms with Crippen LogP contribution in [0.25, 0.3) is 87.6 Å². The van der Waals surface area contributed by atoms with Crippen LogP contribution < -0.4 is 5.19 Å². The standard InChI is InChI=1S/C49H38Si/c1-50(2,3)40-28-26-35-30-39(25-24-36(35)32-40)49-45-22-11-9-20-43(45)48(44-21-10-12-23-46(44)49)38-18-13-17-37(31-38)42-29-27-33-14-7-8-19-41(33)47(42)34-15-5-4-6-16-34/h4-32H,1-3H3. The molecule has 0 unspecified atom stereocenters. The van der Waals surface area contributed by atoms with E-state index >= 15 is 0 Å². The van der Waals surface area contributed by atoms with Gasteiger partial charge in [-0.15, -0.1) is 0 Å². The van der Waals surface area contributed by atoms with E-state index in [-0.39, 0.29) is 0 Å². The van der Waals surface area contributed by atoms with Gasteiger partial charge in [0, 0.05) is 0 Å². The van der Waals surface area contributed by atoms with Gasteiger partial charge in [-0.1, -0.05) is 189 Å². The van der Waals surface area contributed by atoms with Crippen molar-refractivity contribution in [2.45, 2.75) is 19.6 Å². The molecular weight excluding hydrogens is 617 g/mol. The predicted octanol–water partition coefficient (Wildman–Crippen LogP) is 13.5. The monoisotopic (exact) mass is 654 g/mol. The maximum absolute atomic E-state index is 2.42. The van der Waals surface area contributed by atoms with E-state index in [0.717, 1.165) is 0 Å². The van der Waals surface area contributed by atoms with Crippen LogP contribution in [0.5, 0.6) is 0 Å². The topological polar surface area (TPSA) is 0 Å². The van der Waals surface area contributed by atoms with Crippen molar-refractivity contribution in [3.8, 4) is 44.5 Å². The molecule has 238 valence electrons. The minimum Gasteiger partial charge on any atom is -0.0656 e. The molecule has 0 radical (unpaired) electrons. The van der Waals surface area contributed by atoms with Crippen LogP contribution in [-0.2, 0) is 0 Å². The first-order valence-corrected chi connectivity index (χ1v) is 21.1. The fourth-order valence-corrected chi connectivity index (χ4v) is 9.06. The lowest BCUT2D eigenvalue weighted by atomic mass is 9.84. The van der Waals surface area contributed by atoms with Gasteiger partial charge in [0.2, 0.25) is 0 Å². The van der Waals surface area contributed by atoms with Crippen LogP contribution in [0.15, 0.2) is 176 Å². The summed E-state index contributed by atoms with van der Waals surface area (Å²) in [5.41, 5.74) is 10.0. The second-order valence-electron chi connectivity index (χ2n) is 14.5. The highest BCUT2D eigenvalue weighted by atomic mass is 28.3. The molecule has 0 N–H and O–H groups in total. The van der Waals surface area contributed by atoms with Crippen molar-refractivity contribution >= 4 is 56.4 Å². The van der Waals surface area contributed by atoms with Crippen LogP contribution in [0.4, 0.5) is 0 Å². The molecule has 0 bridgehead atoms. The normalized spacial score (nSPS) is 11.9. The number of hydrogen-bond acceptors (Lipinski definition) is 0.